The minimum absolute atomic E-state index is 0.212. The molecule has 0 radical (unpaired) electrons. The third kappa shape index (κ3) is 4.33. The van der Waals surface area contributed by atoms with Crippen LogP contribution in [0.3, 0.4) is 0 Å². The zero-order valence-corrected chi connectivity index (χ0v) is 13.3. The van der Waals surface area contributed by atoms with Crippen LogP contribution in [0.4, 0.5) is 5.69 Å². The minimum atomic E-state index is -0.338. The first-order chi connectivity index (χ1) is 9.54. The van der Waals surface area contributed by atoms with E-state index in [1.54, 1.807) is 11.3 Å². The van der Waals surface area contributed by atoms with E-state index in [2.05, 4.69) is 15.9 Å². The smallest absolute Gasteiger partial charge is 0.231 e. The average molecular weight is 354 g/mol. The van der Waals surface area contributed by atoms with Crippen LogP contribution in [0, 0.1) is 0 Å². The summed E-state index contributed by atoms with van der Waals surface area (Å²) in [6.45, 7) is 1.49. The summed E-state index contributed by atoms with van der Waals surface area (Å²) in [5.41, 5.74) is 13.0. The van der Waals surface area contributed by atoms with Crippen molar-refractivity contribution in [2.75, 3.05) is 12.3 Å². The number of nitrogen functional groups attached to an aromatic ring is 1. The van der Waals surface area contributed by atoms with Crippen molar-refractivity contribution in [2.45, 2.75) is 13.1 Å². The molecule has 1 amide bonds. The third-order valence-electron chi connectivity index (χ3n) is 2.84. The van der Waals surface area contributed by atoms with Crippen molar-refractivity contribution >= 4 is 38.9 Å². The van der Waals surface area contributed by atoms with Crippen LogP contribution in [-0.2, 0) is 17.9 Å². The molecule has 1 heterocycles. The van der Waals surface area contributed by atoms with E-state index < -0.39 is 0 Å². The number of benzene rings is 1. The van der Waals surface area contributed by atoms with E-state index >= 15 is 0 Å². The standard InChI is InChI=1S/C14H16BrN3OS/c15-13-6-5-11(20-13)8-18(9-14(17)19)7-10-3-1-2-4-12(10)16/h1-6H,7-9,16H2,(H2,17,19). The van der Waals surface area contributed by atoms with Crippen molar-refractivity contribution in [1.29, 1.82) is 0 Å². The van der Waals surface area contributed by atoms with Gasteiger partial charge in [0, 0.05) is 23.7 Å². The molecule has 1 aromatic heterocycles. The molecule has 0 atom stereocenters. The Kier molecular flexibility index (Phi) is 5.17. The Bertz CT molecular complexity index is 600. The van der Waals surface area contributed by atoms with E-state index in [0.29, 0.717) is 13.1 Å². The Morgan fingerprint density at radius 1 is 1.20 bits per heavy atom. The van der Waals surface area contributed by atoms with Gasteiger partial charge in [-0.3, -0.25) is 9.69 Å². The van der Waals surface area contributed by atoms with Crippen LogP contribution in [0.2, 0.25) is 0 Å². The maximum Gasteiger partial charge on any atom is 0.231 e. The van der Waals surface area contributed by atoms with Crippen molar-refractivity contribution in [1.82, 2.24) is 4.90 Å². The molecule has 0 unspecified atom stereocenters. The first-order valence-corrected chi connectivity index (χ1v) is 7.74. The number of carbonyl (C=O) groups is 1. The van der Waals surface area contributed by atoms with Gasteiger partial charge < -0.3 is 11.5 Å². The summed E-state index contributed by atoms with van der Waals surface area (Å²) in [5, 5.41) is 0. The average Bonchev–Trinajstić information content (AvgIpc) is 2.77. The van der Waals surface area contributed by atoms with E-state index in [-0.39, 0.29) is 12.5 Å². The van der Waals surface area contributed by atoms with Gasteiger partial charge in [0.1, 0.15) is 0 Å². The fourth-order valence-corrected chi connectivity index (χ4v) is 3.49. The lowest BCUT2D eigenvalue weighted by molar-refractivity contribution is -0.119. The Balaban J connectivity index is 2.11. The molecular weight excluding hydrogens is 338 g/mol. The molecule has 4 N–H and O–H groups in total. The molecule has 0 aliphatic carbocycles. The summed E-state index contributed by atoms with van der Waals surface area (Å²) in [6, 6.07) is 11.7. The number of primary amides is 1. The van der Waals surface area contributed by atoms with E-state index in [9.17, 15) is 4.79 Å². The van der Waals surface area contributed by atoms with Gasteiger partial charge in [0.2, 0.25) is 5.91 Å². The van der Waals surface area contributed by atoms with Gasteiger partial charge in [-0.05, 0) is 39.7 Å². The second kappa shape index (κ2) is 6.88. The van der Waals surface area contributed by atoms with Crippen LogP contribution in [0.5, 0.6) is 0 Å². The molecule has 20 heavy (non-hydrogen) atoms. The first-order valence-electron chi connectivity index (χ1n) is 6.13. The summed E-state index contributed by atoms with van der Waals surface area (Å²) in [6.07, 6.45) is 0. The number of thiophene rings is 1. The first kappa shape index (κ1) is 15.0. The van der Waals surface area contributed by atoms with Crippen LogP contribution >= 0.6 is 27.3 Å². The zero-order valence-electron chi connectivity index (χ0n) is 10.9. The van der Waals surface area contributed by atoms with Gasteiger partial charge in [-0.15, -0.1) is 11.3 Å². The van der Waals surface area contributed by atoms with Gasteiger partial charge in [0.05, 0.1) is 10.3 Å². The monoisotopic (exact) mass is 353 g/mol. The number of anilines is 1. The highest BCUT2D eigenvalue weighted by Crippen LogP contribution is 2.24. The van der Waals surface area contributed by atoms with Gasteiger partial charge in [-0.25, -0.2) is 0 Å². The van der Waals surface area contributed by atoms with Crippen LogP contribution < -0.4 is 11.5 Å². The maximum atomic E-state index is 11.2. The molecule has 0 saturated carbocycles. The van der Waals surface area contributed by atoms with E-state index in [0.717, 1.165) is 15.0 Å². The Morgan fingerprint density at radius 2 is 1.95 bits per heavy atom. The predicted octanol–water partition coefficient (Wildman–Crippen LogP) is 2.58. The summed E-state index contributed by atoms with van der Waals surface area (Å²) in [4.78, 5) is 14.4. The molecule has 0 bridgehead atoms. The van der Waals surface area contributed by atoms with Gasteiger partial charge in [0.25, 0.3) is 0 Å². The summed E-state index contributed by atoms with van der Waals surface area (Å²) < 4.78 is 1.07. The van der Waals surface area contributed by atoms with Gasteiger partial charge in [-0.1, -0.05) is 18.2 Å². The molecule has 106 valence electrons. The second-order valence-electron chi connectivity index (χ2n) is 4.52. The lowest BCUT2D eigenvalue weighted by Gasteiger charge is -2.20. The lowest BCUT2D eigenvalue weighted by Crippen LogP contribution is -2.33. The Morgan fingerprint density at radius 3 is 2.55 bits per heavy atom. The van der Waals surface area contributed by atoms with Gasteiger partial charge >= 0.3 is 0 Å². The molecule has 0 fully saturated rings. The topological polar surface area (TPSA) is 72.4 Å². The van der Waals surface area contributed by atoms with Crippen molar-refractivity contribution < 1.29 is 4.79 Å². The van der Waals surface area contributed by atoms with E-state index in [4.69, 9.17) is 11.5 Å². The highest BCUT2D eigenvalue weighted by molar-refractivity contribution is 9.11. The maximum absolute atomic E-state index is 11.2. The molecular formula is C14H16BrN3OS. The lowest BCUT2D eigenvalue weighted by atomic mass is 10.1. The van der Waals surface area contributed by atoms with E-state index in [1.165, 1.54) is 4.88 Å². The molecule has 2 aromatic rings. The Labute approximate surface area is 130 Å². The summed E-state index contributed by atoms with van der Waals surface area (Å²) in [5.74, 6) is -0.338. The van der Waals surface area contributed by atoms with Crippen molar-refractivity contribution in [3.8, 4) is 0 Å². The van der Waals surface area contributed by atoms with Crippen LogP contribution in [-0.4, -0.2) is 17.4 Å². The number of nitrogens with zero attached hydrogens (tertiary/aromatic N) is 1. The molecule has 0 aliphatic heterocycles. The zero-order chi connectivity index (χ0) is 14.5. The number of nitrogens with two attached hydrogens (primary N) is 2. The van der Waals surface area contributed by atoms with Crippen molar-refractivity contribution in [3.05, 3.63) is 50.6 Å². The number of para-hydroxylation sites is 1. The molecule has 4 nitrogen and oxygen atoms in total. The third-order valence-corrected chi connectivity index (χ3v) is 4.45. The fraction of sp³-hybridized carbons (Fsp3) is 0.214. The fourth-order valence-electron chi connectivity index (χ4n) is 1.96. The van der Waals surface area contributed by atoms with Gasteiger partial charge in [0.15, 0.2) is 0 Å². The molecule has 6 heteroatoms. The van der Waals surface area contributed by atoms with Crippen LogP contribution in [0.15, 0.2) is 40.2 Å². The van der Waals surface area contributed by atoms with Crippen LogP contribution in [0.1, 0.15) is 10.4 Å². The molecule has 0 aliphatic rings. The quantitative estimate of drug-likeness (QED) is 0.784. The van der Waals surface area contributed by atoms with Gasteiger partial charge in [-0.2, -0.15) is 0 Å². The molecule has 0 spiro atoms. The minimum Gasteiger partial charge on any atom is -0.398 e. The molecule has 0 saturated heterocycles. The second-order valence-corrected chi connectivity index (χ2v) is 7.06. The number of hydrogen-bond acceptors (Lipinski definition) is 4. The number of carbonyl (C=O) groups excluding carboxylic acids is 1. The number of rotatable bonds is 6. The number of amides is 1. The number of hydrogen-bond donors (Lipinski definition) is 2. The summed E-state index contributed by atoms with van der Waals surface area (Å²) in [7, 11) is 0. The highest BCUT2D eigenvalue weighted by Gasteiger charge is 2.12. The van der Waals surface area contributed by atoms with Crippen molar-refractivity contribution in [3.63, 3.8) is 0 Å². The molecule has 2 rings (SSSR count). The highest BCUT2D eigenvalue weighted by atomic mass is 79.9. The van der Waals surface area contributed by atoms with Crippen LogP contribution in [0.25, 0.3) is 0 Å². The largest absolute Gasteiger partial charge is 0.398 e. The number of halogens is 1. The normalized spacial score (nSPS) is 10.9. The van der Waals surface area contributed by atoms with E-state index in [1.807, 2.05) is 41.3 Å². The molecule has 1 aromatic carbocycles. The van der Waals surface area contributed by atoms with Crippen molar-refractivity contribution in [2.24, 2.45) is 5.73 Å². The summed E-state index contributed by atoms with van der Waals surface area (Å²) >= 11 is 5.09. The SMILES string of the molecule is NC(=O)CN(Cc1ccc(Br)s1)Cc1ccccc1N. The predicted molar refractivity (Wildman–Crippen MR) is 86.2 cm³/mol. The Hall–Kier alpha value is -1.37.